The largest absolute Gasteiger partial charge is 0.443 e. The molecule has 0 aliphatic heterocycles. The smallest absolute Gasteiger partial charge is 0.407 e. The third-order valence-electron chi connectivity index (χ3n) is 1.91. The van der Waals surface area contributed by atoms with E-state index in [1.54, 1.807) is 13.2 Å². The maximum absolute atomic E-state index is 11.1. The Kier molecular flexibility index (Phi) is 3.66. The van der Waals surface area contributed by atoms with Crippen LogP contribution in [0.4, 0.5) is 4.79 Å². The second-order valence-electron chi connectivity index (χ2n) is 3.90. The normalized spacial score (nSPS) is 10.9. The zero-order valence-corrected chi connectivity index (χ0v) is 9.28. The molecule has 15 heavy (non-hydrogen) atoms. The van der Waals surface area contributed by atoms with Crippen LogP contribution in [0.15, 0.2) is 24.4 Å². The highest BCUT2D eigenvalue weighted by Crippen LogP contribution is 2.15. The molecule has 0 unspecified atom stereocenters. The molecule has 0 fully saturated rings. The lowest BCUT2D eigenvalue weighted by Crippen LogP contribution is -2.35. The summed E-state index contributed by atoms with van der Waals surface area (Å²) in [5, 5.41) is 2.43. The van der Waals surface area contributed by atoms with Crippen LogP contribution in [0.1, 0.15) is 19.5 Å². The molecule has 1 N–H and O–H groups in total. The highest BCUT2D eigenvalue weighted by molar-refractivity contribution is 5.67. The van der Waals surface area contributed by atoms with E-state index in [2.05, 4.69) is 10.3 Å². The molecule has 4 nitrogen and oxygen atoms in total. The van der Waals surface area contributed by atoms with Gasteiger partial charge in [0.05, 0.1) is 0 Å². The maximum Gasteiger partial charge on any atom is 0.407 e. The fraction of sp³-hybridized carbons (Fsp3) is 0.455. The summed E-state index contributed by atoms with van der Waals surface area (Å²) in [6.45, 7) is 3.72. The molecule has 0 aliphatic rings. The van der Waals surface area contributed by atoms with Gasteiger partial charge in [-0.3, -0.25) is 4.98 Å². The molecule has 0 saturated heterocycles. The zero-order valence-electron chi connectivity index (χ0n) is 9.28. The zero-order chi connectivity index (χ0) is 11.3. The van der Waals surface area contributed by atoms with E-state index >= 15 is 0 Å². The van der Waals surface area contributed by atoms with E-state index < -0.39 is 11.7 Å². The molecule has 1 heterocycles. The van der Waals surface area contributed by atoms with Gasteiger partial charge in [-0.1, -0.05) is 6.07 Å². The van der Waals surface area contributed by atoms with Crippen molar-refractivity contribution < 1.29 is 9.53 Å². The summed E-state index contributed by atoms with van der Waals surface area (Å²) >= 11 is 0. The first kappa shape index (κ1) is 11.5. The van der Waals surface area contributed by atoms with E-state index in [9.17, 15) is 4.79 Å². The van der Waals surface area contributed by atoms with E-state index in [4.69, 9.17) is 4.74 Å². The lowest BCUT2D eigenvalue weighted by molar-refractivity contribution is 0.0400. The number of hydrogen-bond acceptors (Lipinski definition) is 3. The van der Waals surface area contributed by atoms with Gasteiger partial charge in [0.1, 0.15) is 5.60 Å². The quantitative estimate of drug-likeness (QED) is 0.823. The number of rotatable bonds is 3. The van der Waals surface area contributed by atoms with Crippen LogP contribution in [0, 0.1) is 0 Å². The highest BCUT2D eigenvalue weighted by atomic mass is 16.6. The number of nitrogens with zero attached hydrogens (tertiary/aromatic N) is 1. The molecule has 1 rings (SSSR count). The SMILES string of the molecule is CNC(=O)OC(C)(C)Cc1ccccn1. The number of alkyl carbamates (subject to hydrolysis) is 1. The summed E-state index contributed by atoms with van der Waals surface area (Å²) in [4.78, 5) is 15.2. The number of carbonyl (C=O) groups is 1. The van der Waals surface area contributed by atoms with Crippen molar-refractivity contribution in [3.63, 3.8) is 0 Å². The minimum absolute atomic E-state index is 0.420. The summed E-state index contributed by atoms with van der Waals surface area (Å²) in [6.07, 6.45) is 1.91. The summed E-state index contributed by atoms with van der Waals surface area (Å²) in [5.41, 5.74) is 0.362. The molecular formula is C11H16N2O2. The Morgan fingerprint density at radius 1 is 1.53 bits per heavy atom. The van der Waals surface area contributed by atoms with Crippen LogP contribution in [0.3, 0.4) is 0 Å². The predicted octanol–water partition coefficient (Wildman–Crippen LogP) is 1.76. The molecular weight excluding hydrogens is 192 g/mol. The van der Waals surface area contributed by atoms with Crippen LogP contribution < -0.4 is 5.32 Å². The van der Waals surface area contributed by atoms with Gasteiger partial charge in [0.15, 0.2) is 0 Å². The summed E-state index contributed by atoms with van der Waals surface area (Å²) in [6, 6.07) is 5.68. The molecule has 1 aromatic rings. The van der Waals surface area contributed by atoms with Crippen molar-refractivity contribution in [1.82, 2.24) is 10.3 Å². The number of amides is 1. The molecule has 0 aliphatic carbocycles. The predicted molar refractivity (Wildman–Crippen MR) is 57.6 cm³/mol. The average molecular weight is 208 g/mol. The Bertz CT molecular complexity index is 323. The molecule has 0 bridgehead atoms. The van der Waals surface area contributed by atoms with Gasteiger partial charge in [0.25, 0.3) is 0 Å². The second kappa shape index (κ2) is 4.77. The van der Waals surface area contributed by atoms with E-state index in [0.717, 1.165) is 5.69 Å². The molecule has 0 aromatic carbocycles. The standard InChI is InChI=1S/C11H16N2O2/c1-11(2,15-10(14)12-3)8-9-6-4-5-7-13-9/h4-7H,8H2,1-3H3,(H,12,14). The first-order valence-electron chi connectivity index (χ1n) is 4.84. The Morgan fingerprint density at radius 3 is 2.80 bits per heavy atom. The molecule has 1 aromatic heterocycles. The number of hydrogen-bond donors (Lipinski definition) is 1. The van der Waals surface area contributed by atoms with Crippen molar-refractivity contribution in [2.45, 2.75) is 25.9 Å². The second-order valence-corrected chi connectivity index (χ2v) is 3.90. The van der Waals surface area contributed by atoms with Crippen molar-refractivity contribution in [3.8, 4) is 0 Å². The van der Waals surface area contributed by atoms with E-state index in [1.165, 1.54) is 0 Å². The summed E-state index contributed by atoms with van der Waals surface area (Å²) in [5.74, 6) is 0. The highest BCUT2D eigenvalue weighted by Gasteiger charge is 2.23. The maximum atomic E-state index is 11.1. The van der Waals surface area contributed by atoms with Crippen molar-refractivity contribution >= 4 is 6.09 Å². The molecule has 1 amide bonds. The third kappa shape index (κ3) is 3.97. The van der Waals surface area contributed by atoms with Crippen LogP contribution >= 0.6 is 0 Å². The van der Waals surface area contributed by atoms with Crippen molar-refractivity contribution in [3.05, 3.63) is 30.1 Å². The van der Waals surface area contributed by atoms with Gasteiger partial charge >= 0.3 is 6.09 Å². The van der Waals surface area contributed by atoms with Crippen molar-refractivity contribution in [2.24, 2.45) is 0 Å². The topological polar surface area (TPSA) is 51.2 Å². The number of carbonyl (C=O) groups excluding carboxylic acids is 1. The molecule has 82 valence electrons. The number of aromatic nitrogens is 1. The van der Waals surface area contributed by atoms with Crippen LogP contribution in [-0.2, 0) is 11.2 Å². The van der Waals surface area contributed by atoms with Gasteiger partial charge in [0, 0.05) is 25.4 Å². The van der Waals surface area contributed by atoms with Crippen LogP contribution in [-0.4, -0.2) is 23.7 Å². The lowest BCUT2D eigenvalue weighted by Gasteiger charge is -2.24. The van der Waals surface area contributed by atoms with Gasteiger partial charge in [-0.05, 0) is 26.0 Å². The molecule has 0 spiro atoms. The first-order valence-corrected chi connectivity index (χ1v) is 4.84. The van der Waals surface area contributed by atoms with E-state index in [-0.39, 0.29) is 0 Å². The van der Waals surface area contributed by atoms with Gasteiger partial charge in [-0.2, -0.15) is 0 Å². The fourth-order valence-electron chi connectivity index (χ4n) is 1.28. The third-order valence-corrected chi connectivity index (χ3v) is 1.91. The first-order chi connectivity index (χ1) is 7.03. The van der Waals surface area contributed by atoms with Crippen molar-refractivity contribution in [2.75, 3.05) is 7.05 Å². The van der Waals surface area contributed by atoms with Gasteiger partial charge in [0.2, 0.25) is 0 Å². The summed E-state index contributed by atoms with van der Waals surface area (Å²) in [7, 11) is 1.54. The minimum atomic E-state index is -0.547. The summed E-state index contributed by atoms with van der Waals surface area (Å²) < 4.78 is 5.20. The number of nitrogens with one attached hydrogen (secondary N) is 1. The Morgan fingerprint density at radius 2 is 2.27 bits per heavy atom. The Labute approximate surface area is 89.7 Å². The minimum Gasteiger partial charge on any atom is -0.443 e. The molecule has 0 radical (unpaired) electrons. The monoisotopic (exact) mass is 208 g/mol. The Balaban J connectivity index is 2.60. The number of pyridine rings is 1. The van der Waals surface area contributed by atoms with Gasteiger partial charge < -0.3 is 10.1 Å². The van der Waals surface area contributed by atoms with Gasteiger partial charge in [-0.15, -0.1) is 0 Å². The van der Waals surface area contributed by atoms with Gasteiger partial charge in [-0.25, -0.2) is 4.79 Å². The fourth-order valence-corrected chi connectivity index (χ4v) is 1.28. The Hall–Kier alpha value is -1.58. The number of ether oxygens (including phenoxy) is 1. The van der Waals surface area contributed by atoms with Crippen LogP contribution in [0.25, 0.3) is 0 Å². The lowest BCUT2D eigenvalue weighted by atomic mass is 10.0. The van der Waals surface area contributed by atoms with Crippen LogP contribution in [0.5, 0.6) is 0 Å². The molecule has 0 atom stereocenters. The van der Waals surface area contributed by atoms with Crippen LogP contribution in [0.2, 0.25) is 0 Å². The molecule has 4 heteroatoms. The molecule has 0 saturated carbocycles. The average Bonchev–Trinajstić information content (AvgIpc) is 2.17. The van der Waals surface area contributed by atoms with E-state index in [0.29, 0.717) is 6.42 Å². The van der Waals surface area contributed by atoms with E-state index in [1.807, 2.05) is 32.0 Å². The van der Waals surface area contributed by atoms with Crippen molar-refractivity contribution in [1.29, 1.82) is 0 Å².